The van der Waals surface area contributed by atoms with Crippen molar-refractivity contribution in [1.82, 2.24) is 0 Å². The van der Waals surface area contributed by atoms with Crippen LogP contribution in [0.1, 0.15) is 6.42 Å². The van der Waals surface area contributed by atoms with Crippen LogP contribution in [-0.2, 0) is 9.59 Å². The molecule has 108 valence electrons. The molecule has 1 saturated carbocycles. The minimum absolute atomic E-state index is 0.0144. The first-order valence-electron chi connectivity index (χ1n) is 6.98. The van der Waals surface area contributed by atoms with Crippen molar-refractivity contribution >= 4 is 23.2 Å². The van der Waals surface area contributed by atoms with Crippen LogP contribution in [0.4, 0.5) is 11.4 Å². The molecule has 0 radical (unpaired) electrons. The third-order valence-electron chi connectivity index (χ3n) is 4.85. The van der Waals surface area contributed by atoms with Crippen molar-refractivity contribution in [2.75, 3.05) is 4.90 Å². The Hall–Kier alpha value is -2.02. The lowest BCUT2D eigenvalue weighted by Gasteiger charge is -2.22. The number of carbonyl (C=O) groups excluding carboxylic acids is 2. The maximum atomic E-state index is 12.6. The number of anilines is 1. The van der Waals surface area contributed by atoms with Gasteiger partial charge < -0.3 is 5.21 Å². The van der Waals surface area contributed by atoms with Crippen LogP contribution >= 0.6 is 0 Å². The molecule has 0 aromatic heterocycles. The first-order chi connectivity index (χ1) is 10.1. The second-order valence-corrected chi connectivity index (χ2v) is 5.83. The van der Waals surface area contributed by atoms with Gasteiger partial charge in [0.15, 0.2) is 5.69 Å². The van der Waals surface area contributed by atoms with Crippen molar-refractivity contribution in [2.45, 2.75) is 6.42 Å². The zero-order chi connectivity index (χ0) is 14.7. The summed E-state index contributed by atoms with van der Waals surface area (Å²) in [6.07, 6.45) is 4.90. The molecule has 21 heavy (non-hydrogen) atoms. The van der Waals surface area contributed by atoms with Crippen LogP contribution in [0.3, 0.4) is 0 Å². The summed E-state index contributed by atoms with van der Waals surface area (Å²) >= 11 is 0. The summed E-state index contributed by atoms with van der Waals surface area (Å²) in [6, 6.07) is 6.17. The van der Waals surface area contributed by atoms with Gasteiger partial charge in [-0.05, 0) is 24.3 Å². The lowest BCUT2D eigenvalue weighted by atomic mass is 9.85. The maximum Gasteiger partial charge on any atom is 0.238 e. The highest BCUT2D eigenvalue weighted by atomic mass is 16.8. The van der Waals surface area contributed by atoms with Crippen molar-refractivity contribution < 1.29 is 20.0 Å². The van der Waals surface area contributed by atoms with Crippen molar-refractivity contribution in [2.24, 2.45) is 23.7 Å². The number of allylic oxidation sites excluding steroid dienone is 2. The van der Waals surface area contributed by atoms with Crippen LogP contribution in [-0.4, -0.2) is 17.0 Å². The molecule has 6 heteroatoms. The van der Waals surface area contributed by atoms with Gasteiger partial charge in [-0.2, -0.15) is 5.23 Å². The number of nitrogens with one attached hydrogen (secondary N) is 1. The fraction of sp³-hybridized carbons (Fsp3) is 0.333. The Bertz CT molecular complexity index is 639. The van der Waals surface area contributed by atoms with E-state index < -0.39 is 5.23 Å². The zero-order valence-electron chi connectivity index (χ0n) is 11.1. The number of fused-ring (bicyclic) bond motifs is 5. The highest BCUT2D eigenvalue weighted by Crippen LogP contribution is 2.53. The van der Waals surface area contributed by atoms with Gasteiger partial charge in [-0.3, -0.25) is 9.59 Å². The van der Waals surface area contributed by atoms with Gasteiger partial charge in [-0.25, -0.2) is 10.1 Å². The molecule has 0 spiro atoms. The van der Waals surface area contributed by atoms with Crippen molar-refractivity contribution in [3.8, 4) is 0 Å². The Labute approximate surface area is 120 Å². The molecule has 2 bridgehead atoms. The summed E-state index contributed by atoms with van der Waals surface area (Å²) in [5, 5.41) is 19.4. The van der Waals surface area contributed by atoms with Crippen molar-refractivity contribution in [3.05, 3.63) is 41.6 Å². The molecule has 1 aromatic rings. The first kappa shape index (κ1) is 12.7. The van der Waals surface area contributed by atoms with E-state index in [0.717, 1.165) is 11.3 Å². The number of nitrogens with zero attached hydrogens (tertiary/aromatic N) is 1. The molecule has 2 aliphatic carbocycles. The van der Waals surface area contributed by atoms with E-state index in [4.69, 9.17) is 0 Å². The topological polar surface area (TPSA) is 85.1 Å². The molecule has 2 N–H and O–H groups in total. The van der Waals surface area contributed by atoms with Crippen LogP contribution in [0.15, 0.2) is 36.4 Å². The van der Waals surface area contributed by atoms with E-state index in [1.165, 1.54) is 12.1 Å². The highest BCUT2D eigenvalue weighted by molar-refractivity contribution is 6.23. The van der Waals surface area contributed by atoms with E-state index in [2.05, 4.69) is 0 Å². The molecule has 1 aliphatic heterocycles. The summed E-state index contributed by atoms with van der Waals surface area (Å²) in [5.74, 6) is -0.883. The fourth-order valence-corrected chi connectivity index (χ4v) is 3.99. The molecule has 1 saturated heterocycles. The second-order valence-electron chi connectivity index (χ2n) is 5.83. The Kier molecular flexibility index (Phi) is 2.56. The van der Waals surface area contributed by atoms with Crippen LogP contribution < -0.4 is 10.1 Å². The molecule has 1 aromatic carbocycles. The maximum absolute atomic E-state index is 12.6. The Morgan fingerprint density at radius 2 is 1.67 bits per heavy atom. The molecular weight excluding hydrogens is 272 g/mol. The van der Waals surface area contributed by atoms with Crippen LogP contribution in [0.5, 0.6) is 0 Å². The van der Waals surface area contributed by atoms with Gasteiger partial charge in [-0.15, -0.1) is 0 Å². The number of benzene rings is 1. The Balaban J connectivity index is 1.78. The molecule has 1 heterocycles. The summed E-state index contributed by atoms with van der Waals surface area (Å²) in [4.78, 5) is 26.4. The van der Waals surface area contributed by atoms with E-state index in [1.807, 2.05) is 12.2 Å². The summed E-state index contributed by atoms with van der Waals surface area (Å²) in [5.41, 5.74) is 0.174. The predicted molar refractivity (Wildman–Crippen MR) is 72.4 cm³/mol. The average Bonchev–Trinajstić information content (AvgIpc) is 3.13. The zero-order valence-corrected chi connectivity index (χ0v) is 11.1. The number of hydrogen-bond donors (Lipinski definition) is 2. The minimum atomic E-state index is -1.13. The molecule has 5 atom stereocenters. The lowest BCUT2D eigenvalue weighted by Crippen LogP contribution is -2.99. The summed E-state index contributed by atoms with van der Waals surface area (Å²) in [7, 11) is 0. The number of imide groups is 1. The Morgan fingerprint density at radius 1 is 1.10 bits per heavy atom. The molecule has 5 unspecified atom stereocenters. The summed E-state index contributed by atoms with van der Waals surface area (Å²) < 4.78 is 0. The third kappa shape index (κ3) is 1.58. The number of rotatable bonds is 2. The fourth-order valence-electron chi connectivity index (χ4n) is 3.99. The largest absolute Gasteiger partial charge is 0.595 e. The SMILES string of the molecule is O=C1C2C3C=CC(C3)C2C(=O)N1c1ccccc1[NH+]([O-])O. The lowest BCUT2D eigenvalue weighted by molar-refractivity contribution is -0.990. The highest BCUT2D eigenvalue weighted by Gasteiger charge is 2.60. The predicted octanol–water partition coefficient (Wildman–Crippen LogP) is 0.402. The van der Waals surface area contributed by atoms with Gasteiger partial charge >= 0.3 is 0 Å². The molecule has 3 aliphatic rings. The molecule has 2 fully saturated rings. The van der Waals surface area contributed by atoms with Crippen molar-refractivity contribution in [1.29, 1.82) is 0 Å². The van der Waals surface area contributed by atoms with Crippen molar-refractivity contribution in [3.63, 3.8) is 0 Å². The number of carbonyl (C=O) groups is 2. The van der Waals surface area contributed by atoms with Crippen LogP contribution in [0.2, 0.25) is 0 Å². The van der Waals surface area contributed by atoms with E-state index in [0.29, 0.717) is 0 Å². The monoisotopic (exact) mass is 286 g/mol. The first-order valence-corrected chi connectivity index (χ1v) is 6.98. The van der Waals surface area contributed by atoms with Gasteiger partial charge in [0.2, 0.25) is 11.8 Å². The van der Waals surface area contributed by atoms with E-state index in [1.54, 1.807) is 12.1 Å². The minimum Gasteiger partial charge on any atom is -0.595 e. The average molecular weight is 286 g/mol. The molecule has 2 amide bonds. The van der Waals surface area contributed by atoms with Gasteiger partial charge in [0.05, 0.1) is 11.8 Å². The van der Waals surface area contributed by atoms with Gasteiger partial charge in [0, 0.05) is 6.07 Å². The number of para-hydroxylation sites is 2. The number of hydrogen-bond acceptors (Lipinski definition) is 4. The van der Waals surface area contributed by atoms with E-state index >= 15 is 0 Å². The van der Waals surface area contributed by atoms with Gasteiger partial charge in [0.1, 0.15) is 5.69 Å². The number of amides is 2. The molecule has 4 rings (SSSR count). The molecule has 6 nitrogen and oxygen atoms in total. The van der Waals surface area contributed by atoms with Gasteiger partial charge in [0.25, 0.3) is 0 Å². The van der Waals surface area contributed by atoms with E-state index in [-0.39, 0.29) is 46.9 Å². The van der Waals surface area contributed by atoms with Crippen LogP contribution in [0, 0.1) is 28.9 Å². The summed E-state index contributed by atoms with van der Waals surface area (Å²) in [6.45, 7) is 0. The van der Waals surface area contributed by atoms with Crippen LogP contribution in [0.25, 0.3) is 0 Å². The second kappa shape index (κ2) is 4.24. The number of quaternary nitrogens is 1. The Morgan fingerprint density at radius 3 is 2.24 bits per heavy atom. The molecular formula is C15H14N2O4. The normalized spacial score (nSPS) is 34.7. The third-order valence-corrected chi connectivity index (χ3v) is 4.85. The standard InChI is InChI=1S/C15H14N2O4/c18-14-12-8-5-6-9(7-8)13(12)15(19)16(14)10-3-1-2-4-11(10)17(20)21/h1-6,8-9,12-13,17,20H,7H2. The smallest absolute Gasteiger partial charge is 0.238 e. The quantitative estimate of drug-likeness (QED) is 0.468. The van der Waals surface area contributed by atoms with E-state index in [9.17, 15) is 20.0 Å². The van der Waals surface area contributed by atoms with Gasteiger partial charge in [-0.1, -0.05) is 24.3 Å².